The smallest absolute Gasteiger partial charge is 0.449 e. The minimum Gasteiger partial charge on any atom is -0.449 e. The summed E-state index contributed by atoms with van der Waals surface area (Å²) >= 11 is 6.06. The van der Waals surface area contributed by atoms with Crippen molar-refractivity contribution >= 4 is 28.5 Å². The Labute approximate surface area is 258 Å². The van der Waals surface area contributed by atoms with Crippen LogP contribution in [0, 0.1) is 6.92 Å². The highest BCUT2D eigenvalue weighted by molar-refractivity contribution is 6.31. The van der Waals surface area contributed by atoms with E-state index in [9.17, 15) is 22.8 Å². The second kappa shape index (κ2) is 12.3. The second-order valence-electron chi connectivity index (χ2n) is 12.2. The number of aryl methyl sites for hydroxylation is 1. The van der Waals surface area contributed by atoms with Crippen LogP contribution < -0.4 is 19.8 Å². The van der Waals surface area contributed by atoms with Crippen molar-refractivity contribution in [3.05, 3.63) is 97.9 Å². The number of hydrogen-bond acceptors (Lipinski definition) is 5. The highest BCUT2D eigenvalue weighted by Crippen LogP contribution is 2.40. The Balaban J connectivity index is 1.62. The summed E-state index contributed by atoms with van der Waals surface area (Å²) in [6.07, 6.45) is -2.10. The van der Waals surface area contributed by atoms with E-state index in [0.29, 0.717) is 10.6 Å². The summed E-state index contributed by atoms with van der Waals surface area (Å²) in [5, 5.41) is 0.287. The Morgan fingerprint density at radius 2 is 1.66 bits per heavy atom. The monoisotopic (exact) mass is 628 g/mol. The Bertz CT molecular complexity index is 1750. The molecule has 1 saturated heterocycles. The van der Waals surface area contributed by atoms with Crippen LogP contribution in [0.3, 0.4) is 0 Å². The number of ether oxygens (including phenoxy) is 2. The number of quaternary nitrogens is 1. The van der Waals surface area contributed by atoms with E-state index >= 15 is 0 Å². The lowest BCUT2D eigenvalue weighted by Gasteiger charge is -2.25. The van der Waals surface area contributed by atoms with Gasteiger partial charge in [0.2, 0.25) is 11.2 Å². The minimum absolute atomic E-state index is 0.00469. The normalized spacial score (nSPS) is 14.5. The third-order valence-corrected chi connectivity index (χ3v) is 8.29. The predicted octanol–water partition coefficient (Wildman–Crippen LogP) is 7.65. The van der Waals surface area contributed by atoms with Gasteiger partial charge in [0.05, 0.1) is 29.6 Å². The average Bonchev–Trinajstić information content (AvgIpc) is 2.97. The quantitative estimate of drug-likeness (QED) is 0.175. The number of nitrogens with one attached hydrogen (secondary N) is 1. The third kappa shape index (κ3) is 6.79. The van der Waals surface area contributed by atoms with Gasteiger partial charge >= 0.3 is 12.1 Å². The van der Waals surface area contributed by atoms with Gasteiger partial charge in [0.25, 0.3) is 5.76 Å². The molecule has 0 spiro atoms. The molecule has 3 aromatic carbocycles. The van der Waals surface area contributed by atoms with E-state index in [1.165, 1.54) is 30.3 Å². The van der Waals surface area contributed by atoms with Crippen LogP contribution in [0.5, 0.6) is 17.2 Å². The van der Waals surface area contributed by atoms with Gasteiger partial charge in [-0.3, -0.25) is 4.79 Å². The summed E-state index contributed by atoms with van der Waals surface area (Å²) in [6.45, 7) is 9.61. The maximum Gasteiger partial charge on any atom is 0.453 e. The van der Waals surface area contributed by atoms with Crippen LogP contribution in [0.4, 0.5) is 13.2 Å². The Kier molecular flexibility index (Phi) is 8.82. The van der Waals surface area contributed by atoms with Crippen LogP contribution in [0.1, 0.15) is 72.8 Å². The number of esters is 1. The zero-order valence-electron chi connectivity index (χ0n) is 25.0. The molecule has 0 radical (unpaired) electrons. The number of alkyl halides is 3. The minimum atomic E-state index is -5.05. The molecule has 10 heteroatoms. The van der Waals surface area contributed by atoms with Crippen LogP contribution in [0.2, 0.25) is 5.02 Å². The number of hydrogen-bond donors (Lipinski definition) is 1. The van der Waals surface area contributed by atoms with E-state index in [0.717, 1.165) is 42.8 Å². The number of benzene rings is 3. The molecule has 1 aliphatic heterocycles. The van der Waals surface area contributed by atoms with Crippen molar-refractivity contribution in [3.8, 4) is 17.2 Å². The number of carbonyl (C=O) groups is 1. The van der Waals surface area contributed by atoms with E-state index in [1.54, 1.807) is 19.1 Å². The summed E-state index contributed by atoms with van der Waals surface area (Å²) in [5.74, 6) is -3.18. The lowest BCUT2D eigenvalue weighted by Crippen LogP contribution is -3.11. The number of likely N-dealkylation sites (tertiary alicyclic amines) is 1. The summed E-state index contributed by atoms with van der Waals surface area (Å²) in [7, 11) is 0. The first-order valence-electron chi connectivity index (χ1n) is 14.5. The van der Waals surface area contributed by atoms with Gasteiger partial charge in [0.1, 0.15) is 18.0 Å². The fraction of sp³-hybridized carbons (Fsp3) is 0.353. The molecule has 1 aliphatic rings. The lowest BCUT2D eigenvalue weighted by atomic mass is 9.87. The van der Waals surface area contributed by atoms with Gasteiger partial charge in [0.15, 0.2) is 5.58 Å². The first-order chi connectivity index (χ1) is 20.7. The third-order valence-electron chi connectivity index (χ3n) is 7.86. The zero-order chi connectivity index (χ0) is 31.8. The number of piperidine rings is 1. The molecule has 0 bridgehead atoms. The fourth-order valence-corrected chi connectivity index (χ4v) is 5.48. The molecule has 0 amide bonds. The first kappa shape index (κ1) is 31.6. The van der Waals surface area contributed by atoms with Crippen molar-refractivity contribution in [2.24, 2.45) is 0 Å². The lowest BCUT2D eigenvalue weighted by molar-refractivity contribution is -0.918. The number of carbonyl (C=O) groups excluding carboxylic acids is 1. The zero-order valence-corrected chi connectivity index (χ0v) is 25.7. The average molecular weight is 629 g/mol. The van der Waals surface area contributed by atoms with Crippen molar-refractivity contribution < 1.29 is 36.8 Å². The molecule has 0 atom stereocenters. The van der Waals surface area contributed by atoms with Crippen LogP contribution in [0.15, 0.2) is 63.8 Å². The van der Waals surface area contributed by atoms with E-state index < -0.39 is 29.1 Å². The Morgan fingerprint density at radius 1 is 0.977 bits per heavy atom. The molecule has 1 N–H and O–H groups in total. The van der Waals surface area contributed by atoms with Crippen LogP contribution in [0.25, 0.3) is 11.0 Å². The van der Waals surface area contributed by atoms with Crippen molar-refractivity contribution in [2.45, 2.75) is 65.1 Å². The van der Waals surface area contributed by atoms with Crippen LogP contribution in [-0.4, -0.2) is 19.1 Å². The molecule has 0 saturated carbocycles. The van der Waals surface area contributed by atoms with Gasteiger partial charge in [-0.2, -0.15) is 13.2 Å². The number of rotatable bonds is 6. The second-order valence-corrected chi connectivity index (χ2v) is 12.6. The molecular formula is C34H34ClF3NO5+. The maximum atomic E-state index is 14.4. The largest absolute Gasteiger partial charge is 0.453 e. The van der Waals surface area contributed by atoms with E-state index in [4.69, 9.17) is 25.5 Å². The molecular weight excluding hydrogens is 595 g/mol. The summed E-state index contributed by atoms with van der Waals surface area (Å²) < 4.78 is 60.1. The van der Waals surface area contributed by atoms with Gasteiger partial charge < -0.3 is 18.8 Å². The number of fused-ring (bicyclic) bond motifs is 1. The topological polar surface area (TPSA) is 70.2 Å². The standard InChI is InChI=1S/C34H33ClF3NO5/c1-20-18-23(12-14-26(20)35)42-30-28(40)24-13-15-27(43-32(41)21-8-10-22(11-9-21)33(2,3)4)25(19-39-16-6-5-7-17-39)29(24)44-31(30)34(36,37)38/h8-15,18H,5-7,16-17,19H2,1-4H3/p+1. The predicted molar refractivity (Wildman–Crippen MR) is 162 cm³/mol. The molecule has 44 heavy (non-hydrogen) atoms. The molecule has 232 valence electrons. The van der Waals surface area contributed by atoms with Crippen LogP contribution >= 0.6 is 11.6 Å². The van der Waals surface area contributed by atoms with Gasteiger partial charge in [-0.25, -0.2) is 4.79 Å². The molecule has 0 aliphatic carbocycles. The molecule has 0 unspecified atom stereocenters. The first-order valence-corrected chi connectivity index (χ1v) is 14.9. The van der Waals surface area contributed by atoms with Gasteiger partial charge in [-0.1, -0.05) is 44.5 Å². The highest BCUT2D eigenvalue weighted by Gasteiger charge is 2.41. The molecule has 2 heterocycles. The Hall–Kier alpha value is -3.82. The van der Waals surface area contributed by atoms with Crippen molar-refractivity contribution in [2.75, 3.05) is 13.1 Å². The number of halogens is 4. The summed E-state index contributed by atoms with van der Waals surface area (Å²) in [5.41, 5.74) is 0.708. The van der Waals surface area contributed by atoms with Gasteiger partial charge in [-0.15, -0.1) is 0 Å². The summed E-state index contributed by atoms with van der Waals surface area (Å²) in [6, 6.07) is 14.0. The molecule has 1 fully saturated rings. The summed E-state index contributed by atoms with van der Waals surface area (Å²) in [4.78, 5) is 28.0. The molecule has 1 aromatic heterocycles. The highest BCUT2D eigenvalue weighted by atomic mass is 35.5. The maximum absolute atomic E-state index is 14.4. The van der Waals surface area contributed by atoms with Crippen molar-refractivity contribution in [1.29, 1.82) is 0 Å². The van der Waals surface area contributed by atoms with Gasteiger partial charge in [-0.05, 0) is 85.2 Å². The Morgan fingerprint density at radius 3 is 2.27 bits per heavy atom. The fourth-order valence-electron chi connectivity index (χ4n) is 5.36. The van der Waals surface area contributed by atoms with Crippen LogP contribution in [-0.2, 0) is 18.1 Å². The van der Waals surface area contributed by atoms with E-state index in [-0.39, 0.29) is 45.6 Å². The SMILES string of the molecule is Cc1cc(Oc2c(C(F)(F)F)oc3c(C[NH+]4CCCCC4)c(OC(=O)c4ccc(C(C)(C)C)cc4)ccc3c2=O)ccc1Cl. The molecule has 5 rings (SSSR count). The van der Waals surface area contributed by atoms with E-state index in [1.807, 2.05) is 12.1 Å². The van der Waals surface area contributed by atoms with Crippen molar-refractivity contribution in [1.82, 2.24) is 0 Å². The van der Waals surface area contributed by atoms with E-state index in [2.05, 4.69) is 20.8 Å². The van der Waals surface area contributed by atoms with Crippen molar-refractivity contribution in [3.63, 3.8) is 0 Å². The van der Waals surface area contributed by atoms with Gasteiger partial charge in [0, 0.05) is 5.02 Å². The molecule has 4 aromatic rings. The molecule has 6 nitrogen and oxygen atoms in total.